The van der Waals surface area contributed by atoms with Crippen molar-refractivity contribution in [3.63, 3.8) is 0 Å². The van der Waals surface area contributed by atoms with E-state index in [0.29, 0.717) is 36.3 Å². The van der Waals surface area contributed by atoms with Crippen molar-refractivity contribution >= 4 is 25.7 Å². The number of hydrogen-bond donors (Lipinski definition) is 1. The predicted molar refractivity (Wildman–Crippen MR) is 96.4 cm³/mol. The summed E-state index contributed by atoms with van der Waals surface area (Å²) in [5, 5.41) is 0. The van der Waals surface area contributed by atoms with Crippen LogP contribution in [0.3, 0.4) is 0 Å². The molecule has 1 fully saturated rings. The average molecular weight is 375 g/mol. The van der Waals surface area contributed by atoms with Crippen molar-refractivity contribution in [2.24, 2.45) is 0 Å². The second kappa shape index (κ2) is 7.41. The van der Waals surface area contributed by atoms with Crippen molar-refractivity contribution in [3.05, 3.63) is 23.3 Å². The van der Waals surface area contributed by atoms with Gasteiger partial charge in [0.05, 0.1) is 16.3 Å². The van der Waals surface area contributed by atoms with E-state index in [0.717, 1.165) is 19.3 Å². The van der Waals surface area contributed by atoms with E-state index in [1.807, 2.05) is 6.92 Å². The van der Waals surface area contributed by atoms with Gasteiger partial charge in [0, 0.05) is 13.1 Å². The summed E-state index contributed by atoms with van der Waals surface area (Å²) in [5.74, 6) is 0.143. The van der Waals surface area contributed by atoms with E-state index in [-0.39, 0.29) is 10.6 Å². The summed E-state index contributed by atoms with van der Waals surface area (Å²) in [6.45, 7) is 6.27. The minimum Gasteiger partial charge on any atom is -0.270 e. The van der Waals surface area contributed by atoms with Gasteiger partial charge >= 0.3 is 0 Å². The molecule has 6 nitrogen and oxygen atoms in total. The summed E-state index contributed by atoms with van der Waals surface area (Å²) in [6, 6.07) is 3.31. The maximum Gasteiger partial charge on any atom is 0.241 e. The summed E-state index contributed by atoms with van der Waals surface area (Å²) in [4.78, 5) is 0.247. The minimum absolute atomic E-state index is 0.143. The van der Waals surface area contributed by atoms with Crippen LogP contribution in [-0.2, 0) is 20.0 Å². The normalized spacial score (nSPS) is 17.9. The highest BCUT2D eigenvalue weighted by Gasteiger charge is 2.28. The molecule has 0 bridgehead atoms. The number of unbranched alkanes of at least 4 members (excludes halogenated alkanes) is 1. The van der Waals surface area contributed by atoms with Crippen LogP contribution in [0.4, 0.5) is 5.69 Å². The Morgan fingerprint density at radius 3 is 2.33 bits per heavy atom. The molecule has 1 aliphatic heterocycles. The molecule has 1 saturated heterocycles. The van der Waals surface area contributed by atoms with Crippen molar-refractivity contribution in [3.8, 4) is 0 Å². The molecule has 1 aromatic carbocycles. The highest BCUT2D eigenvalue weighted by molar-refractivity contribution is 7.92. The third-order valence-electron chi connectivity index (χ3n) is 4.17. The lowest BCUT2D eigenvalue weighted by Crippen LogP contribution is -2.38. The van der Waals surface area contributed by atoms with Gasteiger partial charge in [-0.15, -0.1) is 0 Å². The van der Waals surface area contributed by atoms with Gasteiger partial charge in [-0.3, -0.25) is 4.31 Å². The van der Waals surface area contributed by atoms with Gasteiger partial charge in [0.15, 0.2) is 0 Å². The van der Waals surface area contributed by atoms with E-state index in [9.17, 15) is 16.8 Å². The molecule has 0 spiro atoms. The van der Waals surface area contributed by atoms with Crippen LogP contribution in [0.25, 0.3) is 0 Å². The van der Waals surface area contributed by atoms with Crippen LogP contribution in [0, 0.1) is 13.8 Å². The summed E-state index contributed by atoms with van der Waals surface area (Å²) >= 11 is 0. The lowest BCUT2D eigenvalue weighted by Gasteiger charge is -2.29. The monoisotopic (exact) mass is 374 g/mol. The maximum atomic E-state index is 12.5. The number of anilines is 1. The van der Waals surface area contributed by atoms with Gasteiger partial charge in [-0.2, -0.15) is 0 Å². The van der Waals surface area contributed by atoms with E-state index in [1.165, 1.54) is 4.31 Å². The standard InChI is InChI=1S/C16H26N2O4S2/c1-4-5-8-17-24(21,22)16-13(2)11-15(12-14(16)3)18-9-6-7-10-23(18,19)20/h11-12,17H,4-10H2,1-3H3. The molecule has 24 heavy (non-hydrogen) atoms. The number of hydrogen-bond acceptors (Lipinski definition) is 4. The van der Waals surface area contributed by atoms with Crippen LogP contribution in [0.2, 0.25) is 0 Å². The van der Waals surface area contributed by atoms with E-state index in [2.05, 4.69) is 4.72 Å². The first-order chi connectivity index (χ1) is 11.2. The SMILES string of the molecule is CCCCNS(=O)(=O)c1c(C)cc(N2CCCCS2(=O)=O)cc1C. The zero-order valence-electron chi connectivity index (χ0n) is 14.5. The molecule has 0 unspecified atom stereocenters. The van der Waals surface area contributed by atoms with Gasteiger partial charge in [-0.05, 0) is 56.4 Å². The highest BCUT2D eigenvalue weighted by atomic mass is 32.2. The molecule has 136 valence electrons. The molecule has 8 heteroatoms. The van der Waals surface area contributed by atoms with Gasteiger partial charge in [-0.25, -0.2) is 21.6 Å². The van der Waals surface area contributed by atoms with Crippen molar-refractivity contribution in [2.75, 3.05) is 23.1 Å². The lowest BCUT2D eigenvalue weighted by molar-refractivity contribution is 0.574. The third-order valence-corrected chi connectivity index (χ3v) is 7.81. The molecular weight excluding hydrogens is 348 g/mol. The maximum absolute atomic E-state index is 12.5. The molecule has 2 rings (SSSR count). The van der Waals surface area contributed by atoms with Crippen molar-refractivity contribution in [1.82, 2.24) is 4.72 Å². The molecular formula is C16H26N2O4S2. The largest absolute Gasteiger partial charge is 0.270 e. The third kappa shape index (κ3) is 4.10. The molecule has 0 amide bonds. The molecule has 1 aromatic rings. The Kier molecular flexibility index (Phi) is 5.93. The van der Waals surface area contributed by atoms with Gasteiger partial charge < -0.3 is 0 Å². The second-order valence-corrected chi connectivity index (χ2v) is 9.97. The van der Waals surface area contributed by atoms with Crippen molar-refractivity contribution in [2.45, 2.75) is 51.3 Å². The first-order valence-corrected chi connectivity index (χ1v) is 11.4. The smallest absolute Gasteiger partial charge is 0.241 e. The van der Waals surface area contributed by atoms with Gasteiger partial charge in [0.2, 0.25) is 20.0 Å². The Labute approximate surface area is 145 Å². The van der Waals surface area contributed by atoms with E-state index in [4.69, 9.17) is 0 Å². The quantitative estimate of drug-likeness (QED) is 0.775. The number of nitrogens with zero attached hydrogens (tertiary/aromatic N) is 1. The van der Waals surface area contributed by atoms with Gasteiger partial charge in [0.25, 0.3) is 0 Å². The van der Waals surface area contributed by atoms with Gasteiger partial charge in [0.1, 0.15) is 0 Å². The molecule has 0 atom stereocenters. The lowest BCUT2D eigenvalue weighted by atomic mass is 10.1. The van der Waals surface area contributed by atoms with Crippen LogP contribution in [0.1, 0.15) is 43.7 Å². The van der Waals surface area contributed by atoms with E-state index >= 15 is 0 Å². The number of nitrogens with one attached hydrogen (secondary N) is 1. The van der Waals surface area contributed by atoms with Crippen LogP contribution in [-0.4, -0.2) is 35.7 Å². The van der Waals surface area contributed by atoms with Crippen LogP contribution >= 0.6 is 0 Å². The number of sulfonamides is 2. The fraction of sp³-hybridized carbons (Fsp3) is 0.625. The number of aryl methyl sites for hydroxylation is 2. The highest BCUT2D eigenvalue weighted by Crippen LogP contribution is 2.30. The van der Waals surface area contributed by atoms with Crippen molar-refractivity contribution < 1.29 is 16.8 Å². The zero-order chi connectivity index (χ0) is 18.0. The Bertz CT molecular complexity index is 778. The molecule has 0 saturated carbocycles. The van der Waals surface area contributed by atoms with Crippen LogP contribution < -0.4 is 9.03 Å². The van der Waals surface area contributed by atoms with Crippen LogP contribution in [0.5, 0.6) is 0 Å². The summed E-state index contributed by atoms with van der Waals surface area (Å²) in [5.41, 5.74) is 1.68. The topological polar surface area (TPSA) is 83.6 Å². The van der Waals surface area contributed by atoms with E-state index < -0.39 is 20.0 Å². The molecule has 1 N–H and O–H groups in total. The summed E-state index contributed by atoms with van der Waals surface area (Å²) in [6.07, 6.45) is 3.17. The van der Waals surface area contributed by atoms with Crippen molar-refractivity contribution in [1.29, 1.82) is 0 Å². The Hall–Kier alpha value is -1.12. The second-order valence-electron chi connectivity index (χ2n) is 6.26. The first-order valence-electron chi connectivity index (χ1n) is 8.30. The Morgan fingerprint density at radius 1 is 1.17 bits per heavy atom. The minimum atomic E-state index is -3.59. The first kappa shape index (κ1) is 19.2. The number of benzene rings is 1. The predicted octanol–water partition coefficient (Wildman–Crippen LogP) is 2.31. The fourth-order valence-electron chi connectivity index (χ4n) is 3.03. The Balaban J connectivity index is 2.38. The summed E-state index contributed by atoms with van der Waals surface area (Å²) < 4.78 is 53.6. The Morgan fingerprint density at radius 2 is 1.79 bits per heavy atom. The molecule has 1 heterocycles. The van der Waals surface area contributed by atoms with Gasteiger partial charge in [-0.1, -0.05) is 13.3 Å². The molecule has 0 aliphatic carbocycles. The molecule has 0 aromatic heterocycles. The summed E-state index contributed by atoms with van der Waals surface area (Å²) in [7, 11) is -6.90. The average Bonchev–Trinajstić information content (AvgIpc) is 2.45. The van der Waals surface area contributed by atoms with E-state index in [1.54, 1.807) is 26.0 Å². The number of rotatable bonds is 6. The zero-order valence-corrected chi connectivity index (χ0v) is 16.1. The van der Waals surface area contributed by atoms with Crippen LogP contribution in [0.15, 0.2) is 17.0 Å². The molecule has 1 aliphatic rings. The fourth-order valence-corrected chi connectivity index (χ4v) is 6.18. The molecule has 0 radical (unpaired) electrons.